The van der Waals surface area contributed by atoms with E-state index in [9.17, 15) is 19.6 Å². The zero-order valence-electron chi connectivity index (χ0n) is 21.9. The summed E-state index contributed by atoms with van der Waals surface area (Å²) in [5, 5.41) is 12.3. The lowest BCUT2D eigenvalue weighted by Crippen LogP contribution is -2.40. The molecule has 4 rings (SSSR count). The van der Waals surface area contributed by atoms with Gasteiger partial charge in [-0.25, -0.2) is 14.8 Å². The van der Waals surface area contributed by atoms with Crippen molar-refractivity contribution in [3.63, 3.8) is 0 Å². The molecule has 2 aliphatic rings. The Kier molecular flexibility index (Phi) is 8.66. The molecule has 0 bridgehead atoms. The highest BCUT2D eigenvalue weighted by atomic mass is 16.5. The highest BCUT2D eigenvalue weighted by Crippen LogP contribution is 2.29. The summed E-state index contributed by atoms with van der Waals surface area (Å²) in [6.45, 7) is 3.81. The summed E-state index contributed by atoms with van der Waals surface area (Å²) < 4.78 is 10.4. The molecule has 38 heavy (non-hydrogen) atoms. The van der Waals surface area contributed by atoms with Gasteiger partial charge in [0.25, 0.3) is 5.91 Å². The number of carbonyl (C=O) groups excluding carboxylic acids is 3. The number of carbonyl (C=O) groups is 3. The number of amides is 3. The highest BCUT2D eigenvalue weighted by Gasteiger charge is 2.33. The van der Waals surface area contributed by atoms with Gasteiger partial charge in [-0.05, 0) is 48.4 Å². The third-order valence-electron chi connectivity index (χ3n) is 6.89. The Bertz CT molecular complexity index is 1260. The van der Waals surface area contributed by atoms with E-state index in [1.54, 1.807) is 18.1 Å². The Labute approximate surface area is 221 Å². The van der Waals surface area contributed by atoms with E-state index in [0.29, 0.717) is 68.0 Å². The van der Waals surface area contributed by atoms with E-state index in [1.165, 1.54) is 18.2 Å². The van der Waals surface area contributed by atoms with Crippen molar-refractivity contribution in [1.82, 2.24) is 14.9 Å². The van der Waals surface area contributed by atoms with Crippen LogP contribution in [0, 0.1) is 17.2 Å². The summed E-state index contributed by atoms with van der Waals surface area (Å²) in [5.74, 6) is 0.829. The number of methoxy groups -OCH3 is 2. The summed E-state index contributed by atoms with van der Waals surface area (Å²) in [6.07, 6.45) is 4.28. The quantitative estimate of drug-likeness (QED) is 0.498. The highest BCUT2D eigenvalue weighted by molar-refractivity contribution is 6.01. The standard InChI is InChI=1S/C27H32N6O5/c1-17(16-37-2)9-19-11-24(29-13-21(19)12-28)31-27(36)33-7-4-5-18-10-20(22(15-34)30-25(18)33)14-32-8-6-23(38-3)26(32)35/h10-11,13,15,17,23H,4-9,14,16H2,1-3H3,(H,29,31,36)/t17-,23+/m0/s1. The first-order valence-electron chi connectivity index (χ1n) is 12.6. The molecule has 0 aliphatic carbocycles. The van der Waals surface area contributed by atoms with Gasteiger partial charge in [0.2, 0.25) is 0 Å². The second-order valence-corrected chi connectivity index (χ2v) is 9.69. The van der Waals surface area contributed by atoms with Crippen LogP contribution in [-0.2, 0) is 33.7 Å². The lowest BCUT2D eigenvalue weighted by molar-refractivity contribution is -0.136. The Morgan fingerprint density at radius 3 is 2.82 bits per heavy atom. The van der Waals surface area contributed by atoms with Crippen LogP contribution in [0.4, 0.5) is 16.4 Å². The van der Waals surface area contributed by atoms with Crippen LogP contribution in [-0.4, -0.2) is 73.1 Å². The van der Waals surface area contributed by atoms with Crippen LogP contribution in [0.2, 0.25) is 0 Å². The van der Waals surface area contributed by atoms with Gasteiger partial charge in [-0.2, -0.15) is 5.26 Å². The lowest BCUT2D eigenvalue weighted by Gasteiger charge is -2.29. The maximum Gasteiger partial charge on any atom is 0.328 e. The van der Waals surface area contributed by atoms with E-state index in [1.807, 2.05) is 13.0 Å². The van der Waals surface area contributed by atoms with Crippen LogP contribution in [0.3, 0.4) is 0 Å². The molecule has 3 amide bonds. The van der Waals surface area contributed by atoms with Gasteiger partial charge in [-0.1, -0.05) is 6.92 Å². The molecule has 0 aromatic carbocycles. The minimum Gasteiger partial charge on any atom is -0.384 e. The second kappa shape index (κ2) is 12.1. The number of ether oxygens (including phenoxy) is 2. The van der Waals surface area contributed by atoms with E-state index >= 15 is 0 Å². The maximum absolute atomic E-state index is 13.3. The smallest absolute Gasteiger partial charge is 0.328 e. The number of nitrogens with zero attached hydrogens (tertiary/aromatic N) is 5. The number of urea groups is 1. The predicted octanol–water partition coefficient (Wildman–Crippen LogP) is 2.72. The summed E-state index contributed by atoms with van der Waals surface area (Å²) in [5.41, 5.74) is 2.91. The average Bonchev–Trinajstić information content (AvgIpc) is 3.26. The number of aromatic nitrogens is 2. The van der Waals surface area contributed by atoms with E-state index in [2.05, 4.69) is 21.4 Å². The molecule has 0 radical (unpaired) electrons. The first-order valence-corrected chi connectivity index (χ1v) is 12.6. The van der Waals surface area contributed by atoms with Crippen molar-refractivity contribution in [2.45, 2.75) is 45.3 Å². The molecular formula is C27H32N6O5. The molecule has 1 N–H and O–H groups in total. The lowest BCUT2D eigenvalue weighted by atomic mass is 9.99. The number of nitrogens with one attached hydrogen (secondary N) is 1. The molecule has 0 saturated carbocycles. The number of hydrogen-bond donors (Lipinski definition) is 1. The van der Waals surface area contributed by atoms with Gasteiger partial charge in [-0.3, -0.25) is 19.8 Å². The van der Waals surface area contributed by atoms with Gasteiger partial charge in [0.05, 0.1) is 5.56 Å². The number of aryl methyl sites for hydroxylation is 1. The van der Waals surface area contributed by atoms with Crippen molar-refractivity contribution in [2.24, 2.45) is 5.92 Å². The van der Waals surface area contributed by atoms with E-state index in [0.717, 1.165) is 17.5 Å². The Morgan fingerprint density at radius 1 is 1.32 bits per heavy atom. The van der Waals surface area contributed by atoms with Crippen molar-refractivity contribution in [3.05, 3.63) is 46.3 Å². The van der Waals surface area contributed by atoms with Crippen molar-refractivity contribution < 1.29 is 23.9 Å². The molecule has 2 atom stereocenters. The van der Waals surface area contributed by atoms with Crippen LogP contribution in [0.1, 0.15) is 52.5 Å². The fraction of sp³-hybridized carbons (Fsp3) is 0.481. The fourth-order valence-corrected chi connectivity index (χ4v) is 5.01. The van der Waals surface area contributed by atoms with E-state index in [4.69, 9.17) is 9.47 Å². The zero-order chi connectivity index (χ0) is 27.2. The summed E-state index contributed by atoms with van der Waals surface area (Å²) in [7, 11) is 3.14. The number of fused-ring (bicyclic) bond motifs is 1. The summed E-state index contributed by atoms with van der Waals surface area (Å²) in [4.78, 5) is 49.7. The van der Waals surface area contributed by atoms with E-state index in [-0.39, 0.29) is 24.1 Å². The van der Waals surface area contributed by atoms with Crippen molar-refractivity contribution in [1.29, 1.82) is 5.26 Å². The Morgan fingerprint density at radius 2 is 2.13 bits per heavy atom. The molecule has 1 fully saturated rings. The largest absolute Gasteiger partial charge is 0.384 e. The maximum atomic E-state index is 13.3. The molecule has 1 saturated heterocycles. The molecular weight excluding hydrogens is 488 g/mol. The SMILES string of the molecule is COC[C@@H](C)Cc1cc(NC(=O)N2CCCc3cc(CN4CC[C@@H](OC)C4=O)c(C=O)nc32)ncc1C#N. The van der Waals surface area contributed by atoms with Crippen LogP contribution in [0.15, 0.2) is 18.3 Å². The van der Waals surface area contributed by atoms with Gasteiger partial charge in [0.1, 0.15) is 29.5 Å². The van der Waals surface area contributed by atoms with Crippen molar-refractivity contribution in [3.8, 4) is 6.07 Å². The van der Waals surface area contributed by atoms with Gasteiger partial charge in [0.15, 0.2) is 6.29 Å². The van der Waals surface area contributed by atoms with Crippen LogP contribution >= 0.6 is 0 Å². The molecule has 200 valence electrons. The summed E-state index contributed by atoms with van der Waals surface area (Å²) >= 11 is 0. The number of nitriles is 1. The van der Waals surface area contributed by atoms with Crippen molar-refractivity contribution >= 4 is 29.9 Å². The number of aldehydes is 1. The number of pyridine rings is 2. The van der Waals surface area contributed by atoms with Gasteiger partial charge >= 0.3 is 6.03 Å². The molecule has 2 aromatic heterocycles. The van der Waals surface area contributed by atoms with E-state index < -0.39 is 12.1 Å². The predicted molar refractivity (Wildman–Crippen MR) is 139 cm³/mol. The first-order chi connectivity index (χ1) is 18.4. The van der Waals surface area contributed by atoms with Gasteiger partial charge in [-0.15, -0.1) is 0 Å². The molecule has 0 spiro atoms. The first kappa shape index (κ1) is 27.2. The normalized spacial score (nSPS) is 17.6. The van der Waals surface area contributed by atoms with Crippen LogP contribution in [0.25, 0.3) is 0 Å². The topological polar surface area (TPSA) is 138 Å². The Balaban J connectivity index is 1.54. The molecule has 11 heteroatoms. The zero-order valence-corrected chi connectivity index (χ0v) is 21.9. The van der Waals surface area contributed by atoms with Crippen molar-refractivity contribution in [2.75, 3.05) is 44.1 Å². The van der Waals surface area contributed by atoms with Gasteiger partial charge < -0.3 is 14.4 Å². The van der Waals surface area contributed by atoms with Crippen LogP contribution in [0.5, 0.6) is 0 Å². The molecule has 2 aliphatic heterocycles. The molecule has 0 unspecified atom stereocenters. The average molecular weight is 521 g/mol. The molecule has 4 heterocycles. The minimum absolute atomic E-state index is 0.103. The molecule has 11 nitrogen and oxygen atoms in total. The third-order valence-corrected chi connectivity index (χ3v) is 6.89. The number of rotatable bonds is 9. The number of likely N-dealkylation sites (tertiary alicyclic amines) is 1. The third kappa shape index (κ3) is 5.82. The second-order valence-electron chi connectivity index (χ2n) is 9.69. The number of hydrogen-bond acceptors (Lipinski definition) is 8. The number of anilines is 2. The van der Waals surface area contributed by atoms with Gasteiger partial charge in [0, 0.05) is 58.6 Å². The summed E-state index contributed by atoms with van der Waals surface area (Å²) in [6, 6.07) is 5.31. The monoisotopic (exact) mass is 520 g/mol. The van der Waals surface area contributed by atoms with Crippen LogP contribution < -0.4 is 10.2 Å². The minimum atomic E-state index is -0.459. The molecule has 2 aromatic rings. The Hall–Kier alpha value is -3.88. The fourth-order valence-electron chi connectivity index (χ4n) is 5.01.